The van der Waals surface area contributed by atoms with Crippen LogP contribution in [-0.4, -0.2) is 35.4 Å². The van der Waals surface area contributed by atoms with Crippen LogP contribution in [0.4, 0.5) is 0 Å². The predicted octanol–water partition coefficient (Wildman–Crippen LogP) is 1.37. The molecule has 21 heavy (non-hydrogen) atoms. The molecule has 1 heterocycles. The van der Waals surface area contributed by atoms with E-state index in [9.17, 15) is 9.59 Å². The lowest BCUT2D eigenvalue weighted by Crippen LogP contribution is -2.31. The molecular weight excluding hydrogens is 270 g/mol. The molecule has 1 amide bonds. The molecule has 0 atom stereocenters. The fraction of sp³-hybridized carbons (Fsp3) is 0.533. The van der Waals surface area contributed by atoms with Crippen LogP contribution in [0.1, 0.15) is 37.2 Å². The van der Waals surface area contributed by atoms with E-state index in [-0.39, 0.29) is 17.2 Å². The Bertz CT molecular complexity index is 537. The van der Waals surface area contributed by atoms with E-state index in [2.05, 4.69) is 17.0 Å². The molecule has 0 aliphatic rings. The maximum absolute atomic E-state index is 11.9. The van der Waals surface area contributed by atoms with Gasteiger partial charge in [0.25, 0.3) is 11.5 Å². The van der Waals surface area contributed by atoms with Gasteiger partial charge in [-0.1, -0.05) is 25.5 Å². The quantitative estimate of drug-likeness (QED) is 0.551. The van der Waals surface area contributed by atoms with Gasteiger partial charge in [-0.2, -0.15) is 5.10 Å². The van der Waals surface area contributed by atoms with Gasteiger partial charge in [0.2, 0.25) is 0 Å². The second kappa shape index (κ2) is 9.07. The van der Waals surface area contributed by atoms with Gasteiger partial charge < -0.3 is 10.1 Å². The lowest BCUT2D eigenvalue weighted by molar-refractivity contribution is 0.0919. The molecule has 1 rings (SSSR count). The fourth-order valence-electron chi connectivity index (χ4n) is 1.61. The van der Waals surface area contributed by atoms with Crippen molar-refractivity contribution < 1.29 is 9.53 Å². The zero-order valence-electron chi connectivity index (χ0n) is 12.7. The summed E-state index contributed by atoms with van der Waals surface area (Å²) in [4.78, 5) is 23.5. The number of amides is 1. The number of nitrogens with zero attached hydrogens (tertiary/aromatic N) is 2. The monoisotopic (exact) mass is 293 g/mol. The van der Waals surface area contributed by atoms with E-state index in [1.54, 1.807) is 0 Å². The first-order valence-electron chi connectivity index (χ1n) is 7.13. The van der Waals surface area contributed by atoms with Gasteiger partial charge in [0.15, 0.2) is 0 Å². The molecule has 0 bridgehead atoms. The van der Waals surface area contributed by atoms with E-state index in [0.717, 1.165) is 18.4 Å². The lowest BCUT2D eigenvalue weighted by Gasteiger charge is -2.08. The maximum Gasteiger partial charge on any atom is 0.271 e. The van der Waals surface area contributed by atoms with Crippen molar-refractivity contribution in [3.8, 4) is 0 Å². The zero-order chi connectivity index (χ0) is 15.7. The number of carbonyl (C=O) groups is 1. The number of aryl methyl sites for hydroxylation is 1. The first kappa shape index (κ1) is 17.1. The second-order valence-electron chi connectivity index (χ2n) is 4.90. The topological polar surface area (TPSA) is 73.2 Å². The van der Waals surface area contributed by atoms with Crippen LogP contribution in [0.25, 0.3) is 0 Å². The average Bonchev–Trinajstić information content (AvgIpc) is 2.45. The summed E-state index contributed by atoms with van der Waals surface area (Å²) in [5.41, 5.74) is 0.987. The molecule has 0 saturated carbocycles. The highest BCUT2D eigenvalue weighted by molar-refractivity contribution is 5.91. The fourth-order valence-corrected chi connectivity index (χ4v) is 1.61. The van der Waals surface area contributed by atoms with Crippen molar-refractivity contribution in [2.24, 2.45) is 0 Å². The molecule has 0 saturated heterocycles. The maximum atomic E-state index is 11.9. The highest BCUT2D eigenvalue weighted by Crippen LogP contribution is 1.94. The second-order valence-corrected chi connectivity index (χ2v) is 4.90. The number of hydrogen-bond acceptors (Lipinski definition) is 4. The molecule has 1 aromatic rings. The molecule has 6 heteroatoms. The standard InChI is InChI=1S/C15H23N3O3/c1-4-5-9-18-14(19)7-6-13(17-18)15(20)16-8-10-21-11-12(2)3/h6-7H,2,4-5,8-11H2,1,3H3,(H,16,20). The molecule has 0 unspecified atom stereocenters. The molecule has 1 aromatic heterocycles. The van der Waals surface area contributed by atoms with Gasteiger partial charge in [-0.05, 0) is 19.4 Å². The third kappa shape index (κ3) is 6.35. The molecule has 116 valence electrons. The summed E-state index contributed by atoms with van der Waals surface area (Å²) in [6, 6.07) is 2.81. The van der Waals surface area contributed by atoms with Gasteiger partial charge in [0.1, 0.15) is 5.69 Å². The van der Waals surface area contributed by atoms with Crippen LogP contribution in [0.15, 0.2) is 29.1 Å². The number of rotatable bonds is 9. The summed E-state index contributed by atoms with van der Waals surface area (Å²) in [6.45, 7) is 9.44. The summed E-state index contributed by atoms with van der Waals surface area (Å²) in [5.74, 6) is -0.306. The molecule has 0 fully saturated rings. The Balaban J connectivity index is 2.50. The summed E-state index contributed by atoms with van der Waals surface area (Å²) in [5, 5.41) is 6.78. The summed E-state index contributed by atoms with van der Waals surface area (Å²) >= 11 is 0. The number of carbonyl (C=O) groups excluding carboxylic acids is 1. The molecule has 0 aliphatic carbocycles. The van der Waals surface area contributed by atoms with Gasteiger partial charge >= 0.3 is 0 Å². The lowest BCUT2D eigenvalue weighted by atomic mass is 10.3. The van der Waals surface area contributed by atoms with Gasteiger partial charge in [0, 0.05) is 19.2 Å². The van der Waals surface area contributed by atoms with Crippen LogP contribution in [0.3, 0.4) is 0 Å². The summed E-state index contributed by atoms with van der Waals surface area (Å²) < 4.78 is 6.62. The van der Waals surface area contributed by atoms with E-state index in [1.165, 1.54) is 16.8 Å². The van der Waals surface area contributed by atoms with E-state index in [0.29, 0.717) is 26.3 Å². The number of hydrogen-bond donors (Lipinski definition) is 1. The van der Waals surface area contributed by atoms with Crippen LogP contribution in [0, 0.1) is 0 Å². The van der Waals surface area contributed by atoms with Crippen LogP contribution in [-0.2, 0) is 11.3 Å². The SMILES string of the molecule is C=C(C)COCCNC(=O)c1ccc(=O)n(CCCC)n1. The minimum absolute atomic E-state index is 0.190. The molecule has 0 aromatic carbocycles. The minimum atomic E-state index is -0.306. The Morgan fingerprint density at radius 2 is 2.24 bits per heavy atom. The van der Waals surface area contributed by atoms with Crippen LogP contribution < -0.4 is 10.9 Å². The number of unbranched alkanes of at least 4 members (excludes halogenated alkanes) is 1. The molecular formula is C15H23N3O3. The third-order valence-electron chi connectivity index (χ3n) is 2.70. The Labute approximate surface area is 124 Å². The number of ether oxygens (including phenoxy) is 1. The third-order valence-corrected chi connectivity index (χ3v) is 2.70. The Kier molecular flexibility index (Phi) is 7.39. The highest BCUT2D eigenvalue weighted by atomic mass is 16.5. The first-order valence-corrected chi connectivity index (χ1v) is 7.13. The molecule has 1 N–H and O–H groups in total. The zero-order valence-corrected chi connectivity index (χ0v) is 12.7. The van der Waals surface area contributed by atoms with Crippen molar-refractivity contribution in [1.82, 2.24) is 15.1 Å². The Hall–Kier alpha value is -1.95. The first-order chi connectivity index (χ1) is 10.0. The molecule has 6 nitrogen and oxygen atoms in total. The van der Waals surface area contributed by atoms with Crippen LogP contribution in [0.2, 0.25) is 0 Å². The van der Waals surface area contributed by atoms with Crippen molar-refractivity contribution in [1.29, 1.82) is 0 Å². The van der Waals surface area contributed by atoms with E-state index in [1.807, 2.05) is 13.8 Å². The number of nitrogens with one attached hydrogen (secondary N) is 1. The van der Waals surface area contributed by atoms with Crippen molar-refractivity contribution in [2.45, 2.75) is 33.2 Å². The van der Waals surface area contributed by atoms with E-state index >= 15 is 0 Å². The predicted molar refractivity (Wildman–Crippen MR) is 81.4 cm³/mol. The van der Waals surface area contributed by atoms with Crippen molar-refractivity contribution in [3.05, 3.63) is 40.3 Å². The number of aromatic nitrogens is 2. The molecule has 0 radical (unpaired) electrons. The van der Waals surface area contributed by atoms with Crippen molar-refractivity contribution in [3.63, 3.8) is 0 Å². The van der Waals surface area contributed by atoms with Crippen LogP contribution >= 0.6 is 0 Å². The molecule has 0 aliphatic heterocycles. The smallest absolute Gasteiger partial charge is 0.271 e. The highest BCUT2D eigenvalue weighted by Gasteiger charge is 2.08. The van der Waals surface area contributed by atoms with Crippen molar-refractivity contribution in [2.75, 3.05) is 19.8 Å². The van der Waals surface area contributed by atoms with Gasteiger partial charge in [0.05, 0.1) is 13.2 Å². The van der Waals surface area contributed by atoms with Crippen molar-refractivity contribution >= 4 is 5.91 Å². The average molecular weight is 293 g/mol. The normalized spacial score (nSPS) is 10.4. The van der Waals surface area contributed by atoms with E-state index in [4.69, 9.17) is 4.74 Å². The van der Waals surface area contributed by atoms with E-state index < -0.39 is 0 Å². The van der Waals surface area contributed by atoms with Gasteiger partial charge in [-0.3, -0.25) is 9.59 Å². The minimum Gasteiger partial charge on any atom is -0.375 e. The van der Waals surface area contributed by atoms with Crippen LogP contribution in [0.5, 0.6) is 0 Å². The molecule has 0 spiro atoms. The Morgan fingerprint density at radius 3 is 2.90 bits per heavy atom. The summed E-state index contributed by atoms with van der Waals surface area (Å²) in [6.07, 6.45) is 1.82. The largest absolute Gasteiger partial charge is 0.375 e. The van der Waals surface area contributed by atoms with Gasteiger partial charge in [-0.15, -0.1) is 0 Å². The van der Waals surface area contributed by atoms with Gasteiger partial charge in [-0.25, -0.2) is 4.68 Å². The Morgan fingerprint density at radius 1 is 1.48 bits per heavy atom. The summed E-state index contributed by atoms with van der Waals surface area (Å²) in [7, 11) is 0.